The minimum absolute atomic E-state index is 0.127. The second-order valence-corrected chi connectivity index (χ2v) is 7.52. The zero-order chi connectivity index (χ0) is 18.8. The Labute approximate surface area is 148 Å². The van der Waals surface area contributed by atoms with Crippen LogP contribution in [-0.2, 0) is 11.0 Å². The van der Waals surface area contributed by atoms with Crippen molar-refractivity contribution in [3.8, 4) is 0 Å². The Hall–Kier alpha value is -2.03. The number of piperidine rings is 1. The molecule has 2 saturated heterocycles. The molecule has 0 spiro atoms. The molecule has 4 rings (SSSR count). The molecule has 0 unspecified atom stereocenters. The van der Waals surface area contributed by atoms with E-state index in [2.05, 4.69) is 4.98 Å². The third-order valence-corrected chi connectivity index (χ3v) is 5.96. The summed E-state index contributed by atoms with van der Waals surface area (Å²) in [5, 5.41) is 18.5. The van der Waals surface area contributed by atoms with E-state index in [4.69, 9.17) is 5.11 Å². The molecule has 5 atom stereocenters. The number of hydrogen-bond acceptors (Lipinski definition) is 5. The van der Waals surface area contributed by atoms with E-state index in [0.717, 1.165) is 6.07 Å². The van der Waals surface area contributed by atoms with Crippen molar-refractivity contribution in [2.45, 2.75) is 31.7 Å². The number of carboxylic acid groups (broad SMARTS) is 1. The van der Waals surface area contributed by atoms with Gasteiger partial charge in [0.05, 0.1) is 12.1 Å². The van der Waals surface area contributed by atoms with Crippen LogP contribution in [0.4, 0.5) is 24.7 Å². The summed E-state index contributed by atoms with van der Waals surface area (Å²) in [7, 11) is 0. The zero-order valence-corrected chi connectivity index (χ0v) is 14.1. The van der Waals surface area contributed by atoms with Gasteiger partial charge in [0.15, 0.2) is 0 Å². The molecule has 3 heterocycles. The lowest BCUT2D eigenvalue weighted by molar-refractivity contribution is -0.141. The van der Waals surface area contributed by atoms with E-state index in [1.165, 1.54) is 0 Å². The SMILES string of the molecule is C[C@H]1[C@H](O)CN1c1cc(N2C[C@@H]3[C@@H](CC(=O)O)[C@@H]3C2)cc(C(F)(F)F)n1. The molecule has 9 heteroatoms. The summed E-state index contributed by atoms with van der Waals surface area (Å²) in [5.41, 5.74) is -0.488. The molecule has 26 heavy (non-hydrogen) atoms. The van der Waals surface area contributed by atoms with Crippen LogP contribution in [0, 0.1) is 17.8 Å². The van der Waals surface area contributed by atoms with Gasteiger partial charge >= 0.3 is 12.1 Å². The lowest BCUT2D eigenvalue weighted by atomic mass is 10.0. The lowest BCUT2D eigenvalue weighted by Gasteiger charge is -2.44. The molecular formula is C17H20F3N3O3. The smallest absolute Gasteiger partial charge is 0.433 e. The van der Waals surface area contributed by atoms with E-state index in [-0.39, 0.29) is 42.6 Å². The largest absolute Gasteiger partial charge is 0.481 e. The number of halogens is 3. The molecule has 142 valence electrons. The highest BCUT2D eigenvalue weighted by Crippen LogP contribution is 2.54. The van der Waals surface area contributed by atoms with Crippen molar-refractivity contribution in [2.24, 2.45) is 17.8 Å². The summed E-state index contributed by atoms with van der Waals surface area (Å²) in [6.07, 6.45) is -4.99. The van der Waals surface area contributed by atoms with Crippen LogP contribution in [-0.4, -0.2) is 52.9 Å². The Morgan fingerprint density at radius 2 is 1.92 bits per heavy atom. The molecule has 0 amide bonds. The molecule has 0 bridgehead atoms. The van der Waals surface area contributed by atoms with E-state index in [0.29, 0.717) is 18.8 Å². The first kappa shape index (κ1) is 17.4. The number of anilines is 2. The maximum Gasteiger partial charge on any atom is 0.433 e. The van der Waals surface area contributed by atoms with Crippen LogP contribution in [0.15, 0.2) is 12.1 Å². The van der Waals surface area contributed by atoms with Gasteiger partial charge in [0, 0.05) is 37.8 Å². The van der Waals surface area contributed by atoms with Crippen LogP contribution in [0.3, 0.4) is 0 Å². The Bertz CT molecular complexity index is 730. The van der Waals surface area contributed by atoms with Gasteiger partial charge in [0.2, 0.25) is 0 Å². The van der Waals surface area contributed by atoms with Crippen molar-refractivity contribution < 1.29 is 28.2 Å². The fourth-order valence-corrected chi connectivity index (χ4v) is 4.23. The number of alkyl halides is 3. The first-order chi connectivity index (χ1) is 12.1. The summed E-state index contributed by atoms with van der Waals surface area (Å²) in [5.74, 6) is 0.00317. The number of nitrogens with zero attached hydrogens (tertiary/aromatic N) is 3. The molecule has 0 aromatic carbocycles. The Morgan fingerprint density at radius 1 is 1.27 bits per heavy atom. The van der Waals surface area contributed by atoms with Crippen LogP contribution in [0.5, 0.6) is 0 Å². The third kappa shape index (κ3) is 2.87. The van der Waals surface area contributed by atoms with E-state index < -0.39 is 23.9 Å². The van der Waals surface area contributed by atoms with Gasteiger partial charge in [-0.25, -0.2) is 4.98 Å². The molecule has 2 N–H and O–H groups in total. The van der Waals surface area contributed by atoms with E-state index >= 15 is 0 Å². The predicted octanol–water partition coefficient (Wildman–Crippen LogP) is 1.83. The van der Waals surface area contributed by atoms with Gasteiger partial charge in [-0.05, 0) is 30.7 Å². The highest BCUT2D eigenvalue weighted by atomic mass is 19.4. The van der Waals surface area contributed by atoms with Crippen molar-refractivity contribution in [2.75, 3.05) is 29.4 Å². The summed E-state index contributed by atoms with van der Waals surface area (Å²) >= 11 is 0. The van der Waals surface area contributed by atoms with Gasteiger partial charge in [-0.3, -0.25) is 4.79 Å². The minimum Gasteiger partial charge on any atom is -0.481 e. The molecular weight excluding hydrogens is 351 g/mol. The van der Waals surface area contributed by atoms with Crippen LogP contribution < -0.4 is 9.80 Å². The second kappa shape index (κ2) is 5.73. The highest BCUT2D eigenvalue weighted by Gasteiger charge is 2.56. The van der Waals surface area contributed by atoms with E-state index in [9.17, 15) is 23.1 Å². The maximum absolute atomic E-state index is 13.3. The Kier molecular flexibility index (Phi) is 3.83. The molecule has 1 aliphatic carbocycles. The average Bonchev–Trinajstić information content (AvgIpc) is 3.00. The number of carbonyl (C=O) groups is 1. The number of rotatable bonds is 4. The van der Waals surface area contributed by atoms with Gasteiger partial charge < -0.3 is 20.0 Å². The van der Waals surface area contributed by atoms with Crippen molar-refractivity contribution in [1.82, 2.24) is 4.98 Å². The minimum atomic E-state index is -4.55. The normalized spacial score (nSPS) is 33.0. The number of aliphatic carboxylic acids is 1. The van der Waals surface area contributed by atoms with Gasteiger partial charge in [-0.2, -0.15) is 13.2 Å². The van der Waals surface area contributed by atoms with Crippen molar-refractivity contribution in [3.05, 3.63) is 17.8 Å². The van der Waals surface area contributed by atoms with Gasteiger partial charge in [-0.15, -0.1) is 0 Å². The van der Waals surface area contributed by atoms with Crippen LogP contribution in [0.25, 0.3) is 0 Å². The molecule has 1 aromatic rings. The fourth-order valence-electron chi connectivity index (χ4n) is 4.23. The fraction of sp³-hybridized carbons (Fsp3) is 0.647. The average molecular weight is 371 g/mol. The quantitative estimate of drug-likeness (QED) is 0.841. The lowest BCUT2D eigenvalue weighted by Crippen LogP contribution is -2.59. The number of carboxylic acids is 1. The number of hydrogen-bond donors (Lipinski definition) is 2. The highest BCUT2D eigenvalue weighted by molar-refractivity contribution is 5.68. The summed E-state index contributed by atoms with van der Waals surface area (Å²) < 4.78 is 39.8. The van der Waals surface area contributed by atoms with E-state index in [1.807, 2.05) is 4.90 Å². The molecule has 6 nitrogen and oxygen atoms in total. The zero-order valence-electron chi connectivity index (χ0n) is 14.1. The number of β-amino-alcohol motifs (C(OH)–C–C–N with tert-alkyl or cyclic N) is 1. The van der Waals surface area contributed by atoms with Crippen LogP contribution in [0.1, 0.15) is 19.0 Å². The first-order valence-electron chi connectivity index (χ1n) is 8.66. The van der Waals surface area contributed by atoms with Crippen molar-refractivity contribution in [1.29, 1.82) is 0 Å². The standard InChI is InChI=1S/C17H20F3N3O3/c1-8-13(24)7-23(8)15-3-9(2-14(21-15)17(18,19)20)22-5-11-10(4-16(25)26)12(11)6-22/h2-3,8,10-13,24H,4-7H2,1H3,(H,25,26)/t8-,10-,11-,12+,13+/m0/s1. The molecule has 1 aromatic heterocycles. The monoisotopic (exact) mass is 371 g/mol. The van der Waals surface area contributed by atoms with Gasteiger partial charge in [-0.1, -0.05) is 0 Å². The predicted molar refractivity (Wildman–Crippen MR) is 87.0 cm³/mol. The molecule has 1 saturated carbocycles. The van der Waals surface area contributed by atoms with Crippen LogP contribution >= 0.6 is 0 Å². The molecule has 3 fully saturated rings. The Morgan fingerprint density at radius 3 is 2.42 bits per heavy atom. The number of aliphatic hydroxyl groups is 1. The van der Waals surface area contributed by atoms with Crippen molar-refractivity contribution in [3.63, 3.8) is 0 Å². The molecule has 3 aliphatic rings. The summed E-state index contributed by atoms with van der Waals surface area (Å²) in [4.78, 5) is 18.1. The topological polar surface area (TPSA) is 76.9 Å². The first-order valence-corrected chi connectivity index (χ1v) is 8.66. The second-order valence-electron chi connectivity index (χ2n) is 7.52. The number of fused-ring (bicyclic) bond motifs is 1. The van der Waals surface area contributed by atoms with Crippen LogP contribution in [0.2, 0.25) is 0 Å². The number of aliphatic hydroxyl groups excluding tert-OH is 1. The molecule has 0 radical (unpaired) electrons. The Balaban J connectivity index is 1.56. The third-order valence-electron chi connectivity index (χ3n) is 5.96. The number of aromatic nitrogens is 1. The van der Waals surface area contributed by atoms with Gasteiger partial charge in [0.1, 0.15) is 11.5 Å². The number of pyridine rings is 1. The van der Waals surface area contributed by atoms with Gasteiger partial charge in [0.25, 0.3) is 0 Å². The summed E-state index contributed by atoms with van der Waals surface area (Å²) in [6, 6.07) is 2.42. The summed E-state index contributed by atoms with van der Waals surface area (Å²) in [6.45, 7) is 3.15. The molecule has 2 aliphatic heterocycles. The van der Waals surface area contributed by atoms with Crippen molar-refractivity contribution >= 4 is 17.5 Å². The maximum atomic E-state index is 13.3. The van der Waals surface area contributed by atoms with E-state index in [1.54, 1.807) is 17.9 Å².